The number of rotatable bonds is 3. The number of nitrogens with zero attached hydrogens (tertiary/aromatic N) is 1. The molecule has 0 unspecified atom stereocenters. The number of fused-ring (bicyclic) bond motifs is 1. The third-order valence-electron chi connectivity index (χ3n) is 2.35. The minimum Gasteiger partial charge on any atom is -0.462 e. The van der Waals surface area contributed by atoms with E-state index >= 15 is 0 Å². The molecule has 1 heterocycles. The molecule has 2 aromatic rings. The van der Waals surface area contributed by atoms with E-state index in [1.165, 1.54) is 6.08 Å². The Hall–Kier alpha value is -2.54. The summed E-state index contributed by atoms with van der Waals surface area (Å²) in [4.78, 5) is 11.4. The van der Waals surface area contributed by atoms with Crippen molar-refractivity contribution in [2.45, 2.75) is 6.92 Å². The number of benzene rings is 1. The van der Waals surface area contributed by atoms with Crippen molar-refractivity contribution in [3.05, 3.63) is 41.7 Å². The number of carbonyl (C=O) groups is 1. The summed E-state index contributed by atoms with van der Waals surface area (Å²) in [6, 6.07) is 11.0. The number of ether oxygens (including phenoxy) is 1. The van der Waals surface area contributed by atoms with Crippen molar-refractivity contribution in [1.82, 2.24) is 0 Å². The fourth-order valence-electron chi connectivity index (χ4n) is 1.56. The molecule has 0 aliphatic carbocycles. The lowest BCUT2D eigenvalue weighted by Gasteiger charge is -1.97. The van der Waals surface area contributed by atoms with Gasteiger partial charge in [-0.1, -0.05) is 18.2 Å². The summed E-state index contributed by atoms with van der Waals surface area (Å²) in [7, 11) is 0. The molecular weight excluding hydrogens is 230 g/mol. The van der Waals surface area contributed by atoms with Crippen molar-refractivity contribution < 1.29 is 13.9 Å². The first-order chi connectivity index (χ1) is 8.74. The molecule has 90 valence electrons. The van der Waals surface area contributed by atoms with Crippen molar-refractivity contribution in [2.24, 2.45) is 0 Å². The fraction of sp³-hybridized carbons (Fsp3) is 0.143. The smallest absolute Gasteiger partial charge is 0.349 e. The molecule has 0 N–H and O–H groups in total. The van der Waals surface area contributed by atoms with E-state index in [1.807, 2.05) is 24.3 Å². The summed E-state index contributed by atoms with van der Waals surface area (Å²) < 4.78 is 10.3. The third-order valence-corrected chi connectivity index (χ3v) is 2.35. The second-order valence-corrected chi connectivity index (χ2v) is 3.58. The summed E-state index contributed by atoms with van der Waals surface area (Å²) in [5.74, 6) is -0.179. The molecule has 0 radical (unpaired) electrons. The van der Waals surface area contributed by atoms with E-state index in [4.69, 9.17) is 14.4 Å². The Balaban J connectivity index is 2.36. The van der Waals surface area contributed by atoms with Gasteiger partial charge in [0.25, 0.3) is 0 Å². The van der Waals surface area contributed by atoms with Crippen molar-refractivity contribution >= 4 is 23.0 Å². The fourth-order valence-corrected chi connectivity index (χ4v) is 1.56. The van der Waals surface area contributed by atoms with Crippen LogP contribution in [0.15, 0.2) is 40.3 Å². The van der Waals surface area contributed by atoms with E-state index in [0.29, 0.717) is 11.3 Å². The minimum absolute atomic E-state index is 0.0732. The summed E-state index contributed by atoms with van der Waals surface area (Å²) in [6.45, 7) is 1.92. The van der Waals surface area contributed by atoms with Crippen LogP contribution in [0.4, 0.5) is 0 Å². The number of para-hydroxylation sites is 1. The number of esters is 1. The molecule has 18 heavy (non-hydrogen) atoms. The number of nitriles is 1. The molecule has 4 heteroatoms. The number of hydrogen-bond acceptors (Lipinski definition) is 4. The Bertz CT molecular complexity index is 613. The molecule has 0 saturated carbocycles. The van der Waals surface area contributed by atoms with E-state index < -0.39 is 5.97 Å². The Morgan fingerprint density at radius 3 is 2.94 bits per heavy atom. The molecule has 0 aliphatic rings. The molecule has 0 saturated heterocycles. The van der Waals surface area contributed by atoms with Gasteiger partial charge in [0.1, 0.15) is 23.0 Å². The van der Waals surface area contributed by atoms with Crippen molar-refractivity contribution in [1.29, 1.82) is 5.26 Å². The Labute approximate surface area is 104 Å². The highest BCUT2D eigenvalue weighted by molar-refractivity contribution is 5.98. The normalized spacial score (nSPS) is 11.2. The van der Waals surface area contributed by atoms with Crippen LogP contribution in [0.1, 0.15) is 12.7 Å². The maximum atomic E-state index is 11.4. The molecule has 1 aromatic carbocycles. The van der Waals surface area contributed by atoms with Gasteiger partial charge in [-0.05, 0) is 19.1 Å². The lowest BCUT2D eigenvalue weighted by molar-refractivity contribution is -0.137. The summed E-state index contributed by atoms with van der Waals surface area (Å²) >= 11 is 0. The van der Waals surface area contributed by atoms with Gasteiger partial charge in [0, 0.05) is 11.5 Å². The molecule has 4 nitrogen and oxygen atoms in total. The Morgan fingerprint density at radius 1 is 1.50 bits per heavy atom. The highest BCUT2D eigenvalue weighted by Gasteiger charge is 2.11. The van der Waals surface area contributed by atoms with Gasteiger partial charge in [-0.2, -0.15) is 5.26 Å². The van der Waals surface area contributed by atoms with Gasteiger partial charge < -0.3 is 9.15 Å². The van der Waals surface area contributed by atoms with Crippen LogP contribution in [0, 0.1) is 11.3 Å². The quantitative estimate of drug-likeness (QED) is 0.471. The first-order valence-electron chi connectivity index (χ1n) is 5.52. The lowest BCUT2D eigenvalue weighted by Crippen LogP contribution is -2.05. The van der Waals surface area contributed by atoms with Gasteiger partial charge in [0.15, 0.2) is 0 Å². The Kier molecular flexibility index (Phi) is 3.44. The second-order valence-electron chi connectivity index (χ2n) is 3.58. The van der Waals surface area contributed by atoms with Crippen LogP contribution in [0.3, 0.4) is 0 Å². The van der Waals surface area contributed by atoms with Crippen molar-refractivity contribution in [2.75, 3.05) is 6.61 Å². The largest absolute Gasteiger partial charge is 0.462 e. The first kappa shape index (κ1) is 11.9. The maximum absolute atomic E-state index is 11.4. The number of furan rings is 1. The predicted octanol–water partition coefficient (Wildman–Crippen LogP) is 2.90. The van der Waals surface area contributed by atoms with E-state index in [2.05, 4.69) is 0 Å². The van der Waals surface area contributed by atoms with E-state index in [-0.39, 0.29) is 12.2 Å². The maximum Gasteiger partial charge on any atom is 0.349 e. The van der Waals surface area contributed by atoms with Gasteiger partial charge in [0.05, 0.1) is 6.61 Å². The molecule has 0 fully saturated rings. The topological polar surface area (TPSA) is 63.2 Å². The second kappa shape index (κ2) is 5.19. The van der Waals surface area contributed by atoms with Crippen molar-refractivity contribution in [3.63, 3.8) is 0 Å². The third kappa shape index (κ3) is 2.41. The van der Waals surface area contributed by atoms with Crippen molar-refractivity contribution in [3.8, 4) is 6.07 Å². The SMILES string of the molecule is CCOC(=O)C(C#N)=Cc1cc2ccccc2o1. The monoisotopic (exact) mass is 241 g/mol. The molecule has 1 aromatic heterocycles. The zero-order chi connectivity index (χ0) is 13.0. The average molecular weight is 241 g/mol. The molecule has 0 atom stereocenters. The van der Waals surface area contributed by atoms with Crippen LogP contribution in [0.2, 0.25) is 0 Å². The molecular formula is C14H11NO3. The Morgan fingerprint density at radius 2 is 2.28 bits per heavy atom. The standard InChI is InChI=1S/C14H11NO3/c1-2-17-14(16)11(9-15)8-12-7-10-5-3-4-6-13(10)18-12/h3-8H,2H2,1H3. The van der Waals surface area contributed by atoms with Crippen LogP contribution in [0.5, 0.6) is 0 Å². The first-order valence-corrected chi connectivity index (χ1v) is 5.52. The van der Waals surface area contributed by atoms with Crippen LogP contribution in [-0.4, -0.2) is 12.6 Å². The number of hydrogen-bond donors (Lipinski definition) is 0. The predicted molar refractivity (Wildman–Crippen MR) is 66.4 cm³/mol. The lowest BCUT2D eigenvalue weighted by atomic mass is 10.2. The zero-order valence-corrected chi connectivity index (χ0v) is 9.84. The molecule has 0 bridgehead atoms. The van der Waals surface area contributed by atoms with Crippen LogP contribution >= 0.6 is 0 Å². The summed E-state index contributed by atoms with van der Waals surface area (Å²) in [5, 5.41) is 9.82. The van der Waals surface area contributed by atoms with Crippen LogP contribution < -0.4 is 0 Å². The molecule has 0 aliphatic heterocycles. The van der Waals surface area contributed by atoms with E-state index in [0.717, 1.165) is 5.39 Å². The molecule has 2 rings (SSSR count). The van der Waals surface area contributed by atoms with Gasteiger partial charge in [-0.3, -0.25) is 0 Å². The summed E-state index contributed by atoms with van der Waals surface area (Å²) in [6.07, 6.45) is 1.39. The van der Waals surface area contributed by atoms with Gasteiger partial charge in [0.2, 0.25) is 0 Å². The molecule has 0 amide bonds. The number of carbonyl (C=O) groups excluding carboxylic acids is 1. The minimum atomic E-state index is -0.638. The summed E-state index contributed by atoms with van der Waals surface area (Å²) in [5.41, 5.74) is 0.640. The van der Waals surface area contributed by atoms with Gasteiger partial charge >= 0.3 is 5.97 Å². The van der Waals surface area contributed by atoms with Gasteiger partial charge in [-0.25, -0.2) is 4.79 Å². The highest BCUT2D eigenvalue weighted by atomic mass is 16.5. The van der Waals surface area contributed by atoms with E-state index in [9.17, 15) is 4.79 Å². The van der Waals surface area contributed by atoms with E-state index in [1.54, 1.807) is 19.1 Å². The highest BCUT2D eigenvalue weighted by Crippen LogP contribution is 2.20. The van der Waals surface area contributed by atoms with Crippen LogP contribution in [-0.2, 0) is 9.53 Å². The van der Waals surface area contributed by atoms with Crippen LogP contribution in [0.25, 0.3) is 17.0 Å². The molecule has 0 spiro atoms. The van der Waals surface area contributed by atoms with Gasteiger partial charge in [-0.15, -0.1) is 0 Å². The average Bonchev–Trinajstić information content (AvgIpc) is 2.78. The zero-order valence-electron chi connectivity index (χ0n) is 9.84.